The smallest absolute Gasteiger partial charge is 0.245 e. The summed E-state index contributed by atoms with van der Waals surface area (Å²) in [6.45, 7) is 2.90. The quantitative estimate of drug-likeness (QED) is 0.606. The molecule has 7 nitrogen and oxygen atoms in total. The van der Waals surface area contributed by atoms with Gasteiger partial charge in [-0.3, -0.25) is 4.90 Å². The molecule has 0 atom stereocenters. The first-order valence-corrected chi connectivity index (χ1v) is 11.0. The number of ether oxygens (including phenoxy) is 1. The second-order valence-electron chi connectivity index (χ2n) is 6.41. The van der Waals surface area contributed by atoms with Crippen LogP contribution in [0, 0.1) is 5.82 Å². The zero-order chi connectivity index (χ0) is 19.6. The van der Waals surface area contributed by atoms with Crippen molar-refractivity contribution >= 4 is 32.8 Å². The van der Waals surface area contributed by atoms with Gasteiger partial charge in [-0.05, 0) is 24.3 Å². The number of sulfonamides is 1. The van der Waals surface area contributed by atoms with Gasteiger partial charge in [-0.2, -0.15) is 13.1 Å². The molecule has 0 spiro atoms. The first kappa shape index (κ1) is 19.2. The van der Waals surface area contributed by atoms with E-state index in [1.807, 2.05) is 0 Å². The van der Waals surface area contributed by atoms with Crippen LogP contribution in [0.2, 0.25) is 0 Å². The minimum Gasteiger partial charge on any atom is -0.489 e. The molecule has 2 aromatic carbocycles. The van der Waals surface area contributed by atoms with Crippen LogP contribution < -0.4 is 4.74 Å². The molecule has 4 rings (SSSR count). The maximum Gasteiger partial charge on any atom is 0.245 e. The number of halogens is 1. The van der Waals surface area contributed by atoms with Gasteiger partial charge < -0.3 is 4.74 Å². The van der Waals surface area contributed by atoms with E-state index in [2.05, 4.69) is 13.6 Å². The van der Waals surface area contributed by atoms with Crippen LogP contribution in [-0.2, 0) is 10.0 Å². The van der Waals surface area contributed by atoms with Crippen LogP contribution >= 0.6 is 11.7 Å². The largest absolute Gasteiger partial charge is 0.489 e. The van der Waals surface area contributed by atoms with Crippen LogP contribution in [0.25, 0.3) is 11.0 Å². The Labute approximate surface area is 166 Å². The van der Waals surface area contributed by atoms with Gasteiger partial charge in [0.25, 0.3) is 0 Å². The molecule has 10 heteroatoms. The summed E-state index contributed by atoms with van der Waals surface area (Å²) < 4.78 is 54.8. The lowest BCUT2D eigenvalue weighted by Crippen LogP contribution is -2.49. The lowest BCUT2D eigenvalue weighted by molar-refractivity contribution is 0.157. The molecule has 0 amide bonds. The van der Waals surface area contributed by atoms with Crippen LogP contribution in [0.15, 0.2) is 47.4 Å². The van der Waals surface area contributed by atoms with Gasteiger partial charge >= 0.3 is 0 Å². The molecule has 0 unspecified atom stereocenters. The lowest BCUT2D eigenvalue weighted by Gasteiger charge is -2.33. The SMILES string of the molecule is O=S(=O)(c1cccc2nsnc12)N1CCN(CCOc2ccccc2F)CC1. The van der Waals surface area contributed by atoms with E-state index in [1.54, 1.807) is 36.4 Å². The fourth-order valence-electron chi connectivity index (χ4n) is 3.17. The minimum atomic E-state index is -3.62. The monoisotopic (exact) mass is 422 g/mol. The summed E-state index contributed by atoms with van der Waals surface area (Å²) in [5.41, 5.74) is 1.02. The molecule has 1 aliphatic rings. The highest BCUT2D eigenvalue weighted by molar-refractivity contribution is 7.89. The Balaban J connectivity index is 1.35. The van der Waals surface area contributed by atoms with Crippen molar-refractivity contribution in [3.63, 3.8) is 0 Å². The highest BCUT2D eigenvalue weighted by Crippen LogP contribution is 2.25. The Morgan fingerprint density at radius 3 is 2.61 bits per heavy atom. The Bertz CT molecular complexity index is 1070. The lowest BCUT2D eigenvalue weighted by atomic mass is 10.3. The van der Waals surface area contributed by atoms with Crippen molar-refractivity contribution in [1.82, 2.24) is 18.0 Å². The summed E-state index contributed by atoms with van der Waals surface area (Å²) in [5.74, 6) is -0.155. The molecule has 148 valence electrons. The third kappa shape index (κ3) is 3.86. The zero-order valence-corrected chi connectivity index (χ0v) is 16.6. The molecule has 28 heavy (non-hydrogen) atoms. The zero-order valence-electron chi connectivity index (χ0n) is 15.0. The number of para-hydroxylation sites is 1. The van der Waals surface area contributed by atoms with Crippen LogP contribution in [-0.4, -0.2) is 65.7 Å². The van der Waals surface area contributed by atoms with Gasteiger partial charge in [-0.15, -0.1) is 0 Å². The van der Waals surface area contributed by atoms with E-state index >= 15 is 0 Å². The third-order valence-electron chi connectivity index (χ3n) is 4.70. The summed E-state index contributed by atoms with van der Waals surface area (Å²) in [5, 5.41) is 0. The first-order chi connectivity index (χ1) is 13.6. The second kappa shape index (κ2) is 8.08. The molecule has 1 aromatic heterocycles. The van der Waals surface area contributed by atoms with Gasteiger partial charge in [0.15, 0.2) is 11.6 Å². The van der Waals surface area contributed by atoms with Gasteiger partial charge in [0.2, 0.25) is 10.0 Å². The number of fused-ring (bicyclic) bond motifs is 1. The molecule has 2 heterocycles. The molecule has 0 N–H and O–H groups in total. The number of benzene rings is 2. The van der Waals surface area contributed by atoms with E-state index in [9.17, 15) is 12.8 Å². The van der Waals surface area contributed by atoms with E-state index in [1.165, 1.54) is 10.4 Å². The van der Waals surface area contributed by atoms with Gasteiger partial charge in [0.05, 0.1) is 11.7 Å². The highest BCUT2D eigenvalue weighted by atomic mass is 32.2. The van der Waals surface area contributed by atoms with Crippen LogP contribution in [0.4, 0.5) is 4.39 Å². The van der Waals surface area contributed by atoms with Crippen molar-refractivity contribution in [3.8, 4) is 5.75 Å². The summed E-state index contributed by atoms with van der Waals surface area (Å²) in [7, 11) is -3.62. The normalized spacial score (nSPS) is 16.5. The molecule has 0 radical (unpaired) electrons. The molecule has 0 saturated carbocycles. The molecule has 1 saturated heterocycles. The minimum absolute atomic E-state index is 0.204. The Kier molecular flexibility index (Phi) is 5.54. The van der Waals surface area contributed by atoms with Crippen molar-refractivity contribution in [1.29, 1.82) is 0 Å². The molecule has 1 fully saturated rings. The van der Waals surface area contributed by atoms with E-state index < -0.39 is 10.0 Å². The predicted octanol–water partition coefficient (Wildman–Crippen LogP) is 2.22. The Hall–Kier alpha value is -2.14. The van der Waals surface area contributed by atoms with Crippen molar-refractivity contribution in [2.45, 2.75) is 4.90 Å². The Morgan fingerprint density at radius 2 is 1.82 bits per heavy atom. The number of rotatable bonds is 6. The fourth-order valence-corrected chi connectivity index (χ4v) is 5.34. The molecule has 3 aromatic rings. The van der Waals surface area contributed by atoms with Crippen molar-refractivity contribution in [3.05, 3.63) is 48.3 Å². The van der Waals surface area contributed by atoms with Gasteiger partial charge in [0, 0.05) is 32.7 Å². The predicted molar refractivity (Wildman–Crippen MR) is 105 cm³/mol. The van der Waals surface area contributed by atoms with Crippen LogP contribution in [0.3, 0.4) is 0 Å². The summed E-state index contributed by atoms with van der Waals surface area (Å²) in [6, 6.07) is 11.3. The number of nitrogens with zero attached hydrogens (tertiary/aromatic N) is 4. The standard InChI is InChI=1S/C18H19FN4O3S2/c19-14-4-1-2-6-16(14)26-13-12-22-8-10-23(11-9-22)28(24,25)17-7-3-5-15-18(17)21-27-20-15/h1-7H,8-13H2. The molecular weight excluding hydrogens is 403 g/mol. The number of hydrogen-bond donors (Lipinski definition) is 0. The number of piperazine rings is 1. The van der Waals surface area contributed by atoms with Gasteiger partial charge in [-0.1, -0.05) is 18.2 Å². The van der Waals surface area contributed by atoms with E-state index in [0.29, 0.717) is 50.4 Å². The average molecular weight is 423 g/mol. The third-order valence-corrected chi connectivity index (χ3v) is 7.17. The second-order valence-corrected chi connectivity index (χ2v) is 8.85. The number of hydrogen-bond acceptors (Lipinski definition) is 7. The topological polar surface area (TPSA) is 75.6 Å². The summed E-state index contributed by atoms with van der Waals surface area (Å²) >= 11 is 1.01. The fraction of sp³-hybridized carbons (Fsp3) is 0.333. The summed E-state index contributed by atoms with van der Waals surface area (Å²) in [4.78, 5) is 2.31. The van der Waals surface area contributed by atoms with E-state index in [0.717, 1.165) is 11.7 Å². The Morgan fingerprint density at radius 1 is 1.04 bits per heavy atom. The van der Waals surface area contributed by atoms with E-state index in [4.69, 9.17) is 4.74 Å². The first-order valence-electron chi connectivity index (χ1n) is 8.87. The molecule has 0 aliphatic carbocycles. The van der Waals surface area contributed by atoms with Crippen molar-refractivity contribution < 1.29 is 17.5 Å². The van der Waals surface area contributed by atoms with Gasteiger partial charge in [-0.25, -0.2) is 12.8 Å². The molecular formula is C18H19FN4O3S2. The maximum atomic E-state index is 13.6. The van der Waals surface area contributed by atoms with Crippen LogP contribution in [0.1, 0.15) is 0 Å². The van der Waals surface area contributed by atoms with Gasteiger partial charge in [0.1, 0.15) is 22.5 Å². The van der Waals surface area contributed by atoms with E-state index in [-0.39, 0.29) is 16.5 Å². The molecule has 1 aliphatic heterocycles. The van der Waals surface area contributed by atoms with Crippen LogP contribution in [0.5, 0.6) is 5.75 Å². The summed E-state index contributed by atoms with van der Waals surface area (Å²) in [6.07, 6.45) is 0. The highest BCUT2D eigenvalue weighted by Gasteiger charge is 2.30. The van der Waals surface area contributed by atoms with Crippen molar-refractivity contribution in [2.75, 3.05) is 39.3 Å². The number of aromatic nitrogens is 2. The average Bonchev–Trinajstić information content (AvgIpc) is 3.18. The molecule has 0 bridgehead atoms. The maximum absolute atomic E-state index is 13.6. The van der Waals surface area contributed by atoms with Crippen molar-refractivity contribution in [2.24, 2.45) is 0 Å².